The van der Waals surface area contributed by atoms with Crippen LogP contribution in [0.2, 0.25) is 0 Å². The normalized spacial score (nSPS) is 12.3. The lowest BCUT2D eigenvalue weighted by molar-refractivity contribution is 0.0318. The van der Waals surface area contributed by atoms with Gasteiger partial charge in [-0.1, -0.05) is 0 Å². The number of hydrogen-bond donors (Lipinski definition) is 0. The largest absolute Gasteiger partial charge is 0.494 e. The van der Waals surface area contributed by atoms with Crippen LogP contribution in [0.5, 0.6) is 5.75 Å². The molecule has 0 aliphatic rings. The average Bonchev–Trinajstić information content (AvgIpc) is 2.61. The number of rotatable bonds is 7. The van der Waals surface area contributed by atoms with Crippen molar-refractivity contribution in [3.8, 4) is 5.75 Å². The summed E-state index contributed by atoms with van der Waals surface area (Å²) < 4.78 is 33.4. The summed E-state index contributed by atoms with van der Waals surface area (Å²) in [6.07, 6.45) is 0.104. The van der Waals surface area contributed by atoms with Crippen molar-refractivity contribution in [2.24, 2.45) is 0 Å². The Kier molecular flexibility index (Phi) is 6.15. The molecule has 6 nitrogen and oxygen atoms in total. The van der Waals surface area contributed by atoms with Crippen LogP contribution in [0.25, 0.3) is 0 Å². The van der Waals surface area contributed by atoms with E-state index < -0.39 is 21.9 Å². The van der Waals surface area contributed by atoms with Gasteiger partial charge in [-0.05, 0) is 62.4 Å². The van der Waals surface area contributed by atoms with Crippen LogP contribution >= 0.6 is 0 Å². The van der Waals surface area contributed by atoms with E-state index in [1.165, 1.54) is 31.2 Å². The summed E-state index contributed by atoms with van der Waals surface area (Å²) in [5.74, 6) is -0.384. The molecule has 0 aliphatic heterocycles. The maximum absolute atomic E-state index is 12.4. The number of carbonyl (C=O) groups is 2. The van der Waals surface area contributed by atoms with Gasteiger partial charge in [0.1, 0.15) is 5.75 Å². The van der Waals surface area contributed by atoms with Gasteiger partial charge in [-0.2, -0.15) is 0 Å². The van der Waals surface area contributed by atoms with E-state index in [0.717, 1.165) is 6.26 Å². The molecule has 0 aromatic heterocycles. The number of hydrogen-bond acceptors (Lipinski definition) is 6. The van der Waals surface area contributed by atoms with Crippen LogP contribution in [0.15, 0.2) is 53.4 Å². The molecule has 0 amide bonds. The Balaban J connectivity index is 2.04. The number of ether oxygens (including phenoxy) is 2. The number of ketones is 1. The highest BCUT2D eigenvalue weighted by molar-refractivity contribution is 7.90. The molecule has 2 aromatic rings. The molecule has 0 saturated heterocycles. The Morgan fingerprint density at radius 1 is 0.962 bits per heavy atom. The quantitative estimate of drug-likeness (QED) is 0.545. The predicted octanol–water partition coefficient (Wildman–Crippen LogP) is 2.92. The van der Waals surface area contributed by atoms with Gasteiger partial charge in [0.15, 0.2) is 15.9 Å². The topological polar surface area (TPSA) is 86.7 Å². The van der Waals surface area contributed by atoms with Crippen molar-refractivity contribution in [3.05, 3.63) is 59.7 Å². The van der Waals surface area contributed by atoms with Crippen molar-refractivity contribution in [3.63, 3.8) is 0 Å². The smallest absolute Gasteiger partial charge is 0.338 e. The number of carbonyl (C=O) groups excluding carboxylic acids is 2. The molecule has 0 radical (unpaired) electrons. The molecule has 0 spiro atoms. The summed E-state index contributed by atoms with van der Waals surface area (Å²) in [7, 11) is -3.34. The molecule has 2 aromatic carbocycles. The molecule has 0 unspecified atom stereocenters. The van der Waals surface area contributed by atoms with E-state index in [1.54, 1.807) is 24.3 Å². The molecule has 1 atom stereocenters. The van der Waals surface area contributed by atoms with Crippen molar-refractivity contribution in [2.75, 3.05) is 12.9 Å². The molecule has 7 heteroatoms. The van der Waals surface area contributed by atoms with Gasteiger partial charge in [-0.3, -0.25) is 4.79 Å². The van der Waals surface area contributed by atoms with Crippen LogP contribution in [0.4, 0.5) is 0 Å². The first-order valence-electron chi connectivity index (χ1n) is 8.00. The van der Waals surface area contributed by atoms with Gasteiger partial charge in [0.2, 0.25) is 5.78 Å². The summed E-state index contributed by atoms with van der Waals surface area (Å²) in [6, 6.07) is 11.9. The zero-order valence-electron chi connectivity index (χ0n) is 14.8. The van der Waals surface area contributed by atoms with Crippen LogP contribution in [0, 0.1) is 0 Å². The molecule has 0 bridgehead atoms. The fourth-order valence-corrected chi connectivity index (χ4v) is 2.87. The highest BCUT2D eigenvalue weighted by atomic mass is 32.2. The summed E-state index contributed by atoms with van der Waals surface area (Å²) >= 11 is 0. The third kappa shape index (κ3) is 4.92. The minimum absolute atomic E-state index is 0.104. The number of esters is 1. The van der Waals surface area contributed by atoms with Gasteiger partial charge in [-0.15, -0.1) is 0 Å². The van der Waals surface area contributed by atoms with Crippen LogP contribution in [-0.2, 0) is 14.6 Å². The molecule has 0 aliphatic carbocycles. The number of benzene rings is 2. The van der Waals surface area contributed by atoms with E-state index >= 15 is 0 Å². The summed E-state index contributed by atoms with van der Waals surface area (Å²) in [5, 5.41) is 0. The highest BCUT2D eigenvalue weighted by Gasteiger charge is 2.21. The number of sulfone groups is 1. The molecule has 0 saturated carbocycles. The predicted molar refractivity (Wildman–Crippen MR) is 96.4 cm³/mol. The fraction of sp³-hybridized carbons (Fsp3) is 0.263. The fourth-order valence-electron chi connectivity index (χ4n) is 2.24. The second-order valence-corrected chi connectivity index (χ2v) is 7.68. The van der Waals surface area contributed by atoms with Crippen LogP contribution < -0.4 is 4.74 Å². The lowest BCUT2D eigenvalue weighted by Gasteiger charge is -2.13. The Hall–Kier alpha value is -2.67. The third-order valence-corrected chi connectivity index (χ3v) is 4.75. The molecule has 0 N–H and O–H groups in total. The van der Waals surface area contributed by atoms with Gasteiger partial charge in [0, 0.05) is 11.8 Å². The van der Waals surface area contributed by atoms with E-state index in [-0.39, 0.29) is 16.2 Å². The van der Waals surface area contributed by atoms with E-state index in [0.29, 0.717) is 17.9 Å². The van der Waals surface area contributed by atoms with E-state index in [4.69, 9.17) is 9.47 Å². The van der Waals surface area contributed by atoms with Crippen molar-refractivity contribution in [1.82, 2.24) is 0 Å². The molecular weight excluding hydrogens is 356 g/mol. The van der Waals surface area contributed by atoms with Crippen LogP contribution in [0.1, 0.15) is 34.6 Å². The molecule has 138 valence electrons. The maximum atomic E-state index is 12.4. The molecule has 0 heterocycles. The van der Waals surface area contributed by atoms with Gasteiger partial charge < -0.3 is 9.47 Å². The Bertz CT molecular complexity index is 883. The van der Waals surface area contributed by atoms with Gasteiger partial charge in [-0.25, -0.2) is 13.2 Å². The van der Waals surface area contributed by atoms with Gasteiger partial charge in [0.05, 0.1) is 17.1 Å². The Morgan fingerprint density at radius 3 is 2.00 bits per heavy atom. The Labute approximate surface area is 152 Å². The molecule has 0 fully saturated rings. The van der Waals surface area contributed by atoms with Crippen molar-refractivity contribution in [2.45, 2.75) is 24.8 Å². The van der Waals surface area contributed by atoms with Crippen molar-refractivity contribution >= 4 is 21.6 Å². The second-order valence-electron chi connectivity index (χ2n) is 5.67. The zero-order chi connectivity index (χ0) is 19.3. The van der Waals surface area contributed by atoms with Crippen molar-refractivity contribution < 1.29 is 27.5 Å². The monoisotopic (exact) mass is 376 g/mol. The minimum atomic E-state index is -3.34. The summed E-state index contributed by atoms with van der Waals surface area (Å²) in [6.45, 7) is 3.88. The third-order valence-electron chi connectivity index (χ3n) is 3.62. The zero-order valence-corrected chi connectivity index (χ0v) is 15.6. The Morgan fingerprint density at radius 2 is 1.50 bits per heavy atom. The van der Waals surface area contributed by atoms with Crippen LogP contribution in [-0.4, -0.2) is 39.1 Å². The van der Waals surface area contributed by atoms with Crippen molar-refractivity contribution in [1.29, 1.82) is 0 Å². The number of Topliss-reactive ketones (excluding diaryl/α,β-unsaturated/α-hetero) is 1. The second kappa shape index (κ2) is 8.14. The standard InChI is InChI=1S/C19H20O6S/c1-4-24-16-9-5-14(6-10-16)18(20)13(2)25-19(21)15-7-11-17(12-8-15)26(3,22)23/h5-13H,4H2,1-3H3/t13-/m0/s1. The first-order chi connectivity index (χ1) is 12.2. The lowest BCUT2D eigenvalue weighted by atomic mass is 10.1. The molecule has 2 rings (SSSR count). The van der Waals surface area contributed by atoms with Gasteiger partial charge >= 0.3 is 5.97 Å². The van der Waals surface area contributed by atoms with Gasteiger partial charge in [0.25, 0.3) is 0 Å². The first-order valence-corrected chi connectivity index (χ1v) is 9.89. The first kappa shape index (κ1) is 19.7. The van der Waals surface area contributed by atoms with E-state index in [9.17, 15) is 18.0 Å². The van der Waals surface area contributed by atoms with E-state index in [1.807, 2.05) is 6.92 Å². The maximum Gasteiger partial charge on any atom is 0.338 e. The molecular formula is C19H20O6S. The van der Waals surface area contributed by atoms with Crippen LogP contribution in [0.3, 0.4) is 0 Å². The van der Waals surface area contributed by atoms with E-state index in [2.05, 4.69) is 0 Å². The molecule has 26 heavy (non-hydrogen) atoms. The average molecular weight is 376 g/mol. The highest BCUT2D eigenvalue weighted by Crippen LogP contribution is 2.16. The summed E-state index contributed by atoms with van der Waals surface area (Å²) in [5.41, 5.74) is 0.574. The minimum Gasteiger partial charge on any atom is -0.494 e. The lowest BCUT2D eigenvalue weighted by Crippen LogP contribution is -2.24. The SMILES string of the molecule is CCOc1ccc(C(=O)[C@H](C)OC(=O)c2ccc(S(C)(=O)=O)cc2)cc1. The summed E-state index contributed by atoms with van der Waals surface area (Å²) in [4.78, 5) is 24.6.